The predicted molar refractivity (Wildman–Crippen MR) is 74.6 cm³/mol. The lowest BCUT2D eigenvalue weighted by molar-refractivity contribution is -0.138. The van der Waals surface area contributed by atoms with Crippen LogP contribution in [0.25, 0.3) is 0 Å². The number of benzene rings is 1. The normalized spacial score (nSPS) is 17.5. The fourth-order valence-electron chi connectivity index (χ4n) is 2.46. The van der Waals surface area contributed by atoms with Gasteiger partial charge in [0.1, 0.15) is 6.04 Å². The van der Waals surface area contributed by atoms with E-state index in [0.29, 0.717) is 19.6 Å². The van der Waals surface area contributed by atoms with E-state index in [-0.39, 0.29) is 0 Å². The molecule has 0 aromatic heterocycles. The number of unbranched alkanes of at least 4 members (excludes halogenated alkanes) is 1. The van der Waals surface area contributed by atoms with Crippen LogP contribution in [0.4, 0.5) is 5.69 Å². The van der Waals surface area contributed by atoms with Gasteiger partial charge in [-0.25, -0.2) is 4.79 Å². The summed E-state index contributed by atoms with van der Waals surface area (Å²) in [6, 6.07) is 7.45. The number of fused-ring (bicyclic) bond motifs is 1. The van der Waals surface area contributed by atoms with E-state index in [1.807, 2.05) is 29.2 Å². The third-order valence-electron chi connectivity index (χ3n) is 3.49. The summed E-state index contributed by atoms with van der Waals surface area (Å²) in [5.74, 6) is -0.759. The molecule has 0 spiro atoms. The highest BCUT2D eigenvalue weighted by Gasteiger charge is 2.33. The zero-order valence-electron chi connectivity index (χ0n) is 11.3. The van der Waals surface area contributed by atoms with E-state index in [1.165, 1.54) is 0 Å². The molecule has 19 heavy (non-hydrogen) atoms. The van der Waals surface area contributed by atoms with Gasteiger partial charge in [0.05, 0.1) is 6.61 Å². The van der Waals surface area contributed by atoms with Crippen LogP contribution >= 0.6 is 0 Å². The first-order valence-electron chi connectivity index (χ1n) is 6.89. The van der Waals surface area contributed by atoms with Crippen molar-refractivity contribution >= 4 is 11.7 Å². The van der Waals surface area contributed by atoms with Gasteiger partial charge in [-0.3, -0.25) is 0 Å². The summed E-state index contributed by atoms with van der Waals surface area (Å²) in [6.07, 6.45) is 2.75. The van der Waals surface area contributed by atoms with Crippen LogP contribution in [0.1, 0.15) is 25.3 Å². The summed E-state index contributed by atoms with van der Waals surface area (Å²) < 4.78 is 5.54. The largest absolute Gasteiger partial charge is 0.480 e. The van der Waals surface area contributed by atoms with Gasteiger partial charge in [-0.15, -0.1) is 0 Å². The summed E-state index contributed by atoms with van der Waals surface area (Å²) in [6.45, 7) is 4.10. The molecule has 0 bridgehead atoms. The Balaban J connectivity index is 1.97. The Kier molecular flexibility index (Phi) is 4.80. The molecule has 1 aromatic rings. The van der Waals surface area contributed by atoms with E-state index in [0.717, 1.165) is 30.7 Å². The van der Waals surface area contributed by atoms with Crippen LogP contribution in [-0.2, 0) is 16.0 Å². The number of nitrogens with zero attached hydrogens (tertiary/aromatic N) is 1. The first kappa shape index (κ1) is 13.9. The van der Waals surface area contributed by atoms with Crippen molar-refractivity contribution in [3.63, 3.8) is 0 Å². The highest BCUT2D eigenvalue weighted by Crippen LogP contribution is 2.31. The molecule has 1 aromatic carbocycles. The summed E-state index contributed by atoms with van der Waals surface area (Å²) in [5.41, 5.74) is 2.15. The number of carbonyl (C=O) groups is 1. The maximum absolute atomic E-state index is 11.3. The van der Waals surface area contributed by atoms with E-state index in [9.17, 15) is 9.90 Å². The molecule has 1 N–H and O–H groups in total. The summed E-state index contributed by atoms with van der Waals surface area (Å²) >= 11 is 0. The van der Waals surface area contributed by atoms with Gasteiger partial charge in [-0.2, -0.15) is 0 Å². The first-order valence-corrected chi connectivity index (χ1v) is 6.89. The average Bonchev–Trinajstić information content (AvgIpc) is 2.78. The molecular weight excluding hydrogens is 242 g/mol. The van der Waals surface area contributed by atoms with Gasteiger partial charge >= 0.3 is 5.97 Å². The van der Waals surface area contributed by atoms with Gasteiger partial charge in [0, 0.05) is 25.3 Å². The molecule has 0 saturated carbocycles. The highest BCUT2D eigenvalue weighted by molar-refractivity contribution is 5.82. The van der Waals surface area contributed by atoms with E-state index >= 15 is 0 Å². The molecule has 4 heteroatoms. The Morgan fingerprint density at radius 2 is 2.21 bits per heavy atom. The van der Waals surface area contributed by atoms with Gasteiger partial charge in [0.15, 0.2) is 0 Å². The number of ether oxygens (including phenoxy) is 1. The lowest BCUT2D eigenvalue weighted by Gasteiger charge is -2.24. The number of rotatable bonds is 7. The molecule has 0 radical (unpaired) electrons. The number of carboxylic acid groups (broad SMARTS) is 1. The number of hydrogen-bond acceptors (Lipinski definition) is 3. The number of hydrogen-bond donors (Lipinski definition) is 1. The topological polar surface area (TPSA) is 49.8 Å². The molecule has 1 unspecified atom stereocenters. The molecule has 1 aliphatic rings. The van der Waals surface area contributed by atoms with Crippen molar-refractivity contribution in [1.82, 2.24) is 0 Å². The smallest absolute Gasteiger partial charge is 0.326 e. The van der Waals surface area contributed by atoms with Crippen molar-refractivity contribution < 1.29 is 14.6 Å². The molecule has 0 aliphatic carbocycles. The highest BCUT2D eigenvalue weighted by atomic mass is 16.5. The third kappa shape index (κ3) is 3.26. The summed E-state index contributed by atoms with van der Waals surface area (Å²) in [7, 11) is 0. The minimum absolute atomic E-state index is 0.452. The molecule has 2 rings (SSSR count). The minimum atomic E-state index is -0.759. The van der Waals surface area contributed by atoms with E-state index < -0.39 is 12.0 Å². The molecule has 104 valence electrons. The fourth-order valence-corrected chi connectivity index (χ4v) is 2.46. The maximum Gasteiger partial charge on any atom is 0.326 e. The molecule has 0 amide bonds. The van der Waals surface area contributed by atoms with Crippen LogP contribution in [0, 0.1) is 0 Å². The first-order chi connectivity index (χ1) is 9.24. The van der Waals surface area contributed by atoms with Crippen LogP contribution < -0.4 is 4.90 Å². The second kappa shape index (κ2) is 6.57. The van der Waals surface area contributed by atoms with Crippen molar-refractivity contribution in [2.75, 3.05) is 24.7 Å². The van der Waals surface area contributed by atoms with Crippen LogP contribution in [0.2, 0.25) is 0 Å². The van der Waals surface area contributed by atoms with Crippen LogP contribution in [-0.4, -0.2) is 36.9 Å². The van der Waals surface area contributed by atoms with Gasteiger partial charge in [-0.05, 0) is 18.1 Å². The van der Waals surface area contributed by atoms with E-state index in [4.69, 9.17) is 4.74 Å². The third-order valence-corrected chi connectivity index (χ3v) is 3.49. The molecular formula is C15H21NO3. The maximum atomic E-state index is 11.3. The van der Waals surface area contributed by atoms with Crippen molar-refractivity contribution in [2.45, 2.75) is 32.2 Å². The van der Waals surface area contributed by atoms with Gasteiger partial charge in [-0.1, -0.05) is 31.5 Å². The van der Waals surface area contributed by atoms with Crippen molar-refractivity contribution in [1.29, 1.82) is 0 Å². The molecule has 1 atom stereocenters. The second-order valence-electron chi connectivity index (χ2n) is 4.85. The SMILES string of the molecule is CCCCOCCN1c2ccccc2CC1C(=O)O. The van der Waals surface area contributed by atoms with Crippen molar-refractivity contribution in [3.05, 3.63) is 29.8 Å². The number of aliphatic carboxylic acids is 1. The molecule has 4 nitrogen and oxygen atoms in total. The second-order valence-corrected chi connectivity index (χ2v) is 4.85. The lowest BCUT2D eigenvalue weighted by atomic mass is 10.1. The van der Waals surface area contributed by atoms with Gasteiger partial charge < -0.3 is 14.7 Å². The van der Waals surface area contributed by atoms with Crippen LogP contribution in [0.3, 0.4) is 0 Å². The molecule has 0 saturated heterocycles. The van der Waals surface area contributed by atoms with Crippen LogP contribution in [0.5, 0.6) is 0 Å². The van der Waals surface area contributed by atoms with Gasteiger partial charge in [0.2, 0.25) is 0 Å². The fraction of sp³-hybridized carbons (Fsp3) is 0.533. The zero-order valence-corrected chi connectivity index (χ0v) is 11.3. The number of carboxylic acids is 1. The Labute approximate surface area is 114 Å². The molecule has 0 fully saturated rings. The molecule has 1 aliphatic heterocycles. The van der Waals surface area contributed by atoms with Crippen molar-refractivity contribution in [2.24, 2.45) is 0 Å². The van der Waals surface area contributed by atoms with E-state index in [1.54, 1.807) is 0 Å². The molecule has 1 heterocycles. The Hall–Kier alpha value is -1.55. The van der Waals surface area contributed by atoms with Gasteiger partial charge in [0.25, 0.3) is 0 Å². The predicted octanol–water partition coefficient (Wildman–Crippen LogP) is 2.32. The Morgan fingerprint density at radius 1 is 1.42 bits per heavy atom. The average molecular weight is 263 g/mol. The Morgan fingerprint density at radius 3 is 2.95 bits per heavy atom. The van der Waals surface area contributed by atoms with Crippen LogP contribution in [0.15, 0.2) is 24.3 Å². The summed E-state index contributed by atoms with van der Waals surface area (Å²) in [4.78, 5) is 13.3. The standard InChI is InChI=1S/C15H21NO3/c1-2-3-9-19-10-8-16-13-7-5-4-6-12(13)11-14(16)15(17)18/h4-7,14H,2-3,8-11H2,1H3,(H,17,18). The Bertz CT molecular complexity index is 433. The van der Waals surface area contributed by atoms with E-state index in [2.05, 4.69) is 6.92 Å². The minimum Gasteiger partial charge on any atom is -0.480 e. The van der Waals surface area contributed by atoms with Crippen molar-refractivity contribution in [3.8, 4) is 0 Å². The number of para-hydroxylation sites is 1. The lowest BCUT2D eigenvalue weighted by Crippen LogP contribution is -2.40. The quantitative estimate of drug-likeness (QED) is 0.767. The monoisotopic (exact) mass is 263 g/mol. The number of anilines is 1. The zero-order chi connectivity index (χ0) is 13.7. The summed E-state index contributed by atoms with van der Waals surface area (Å²) in [5, 5.41) is 9.31.